The molecule has 10 atom stereocenters. The molecule has 18 nitrogen and oxygen atoms in total. The molecule has 2 saturated heterocycles. The maximum Gasteiger partial charge on any atom is 0.582 e. The highest BCUT2D eigenvalue weighted by atomic mass is 32.7. The maximum atomic E-state index is 14.5. The fourth-order valence-corrected chi connectivity index (χ4v) is 8.18. The number of fused-ring (bicyclic) bond motifs is 3. The van der Waals surface area contributed by atoms with E-state index in [1.165, 1.54) is 17.2 Å². The molecular formula is C22H24FN8O10P2S2+. The molecule has 3 unspecified atom stereocenters. The van der Waals surface area contributed by atoms with E-state index in [-0.39, 0.29) is 36.5 Å². The van der Waals surface area contributed by atoms with Gasteiger partial charge in [0.15, 0.2) is 34.8 Å². The second-order valence-corrected chi connectivity index (χ2v) is 15.1. The average molecular weight is 706 g/mol. The van der Waals surface area contributed by atoms with Crippen LogP contribution in [0.4, 0.5) is 10.2 Å². The largest absolute Gasteiger partial charge is 0.582 e. The fourth-order valence-electron chi connectivity index (χ4n) is 6.01. The number of nitrogens with zero attached hydrogens (tertiary/aromatic N) is 6. The number of aromatic nitrogens is 7. The van der Waals surface area contributed by atoms with Crippen molar-refractivity contribution in [3.8, 4) is 0 Å². The lowest BCUT2D eigenvalue weighted by Crippen LogP contribution is -2.41. The molecule has 0 bridgehead atoms. The molecule has 4 aromatic heterocycles. The van der Waals surface area contributed by atoms with E-state index in [1.807, 2.05) is 0 Å². The van der Waals surface area contributed by atoms with Crippen LogP contribution in [0.5, 0.6) is 0 Å². The SMILES string of the molecule is Nc1ncnc2c1ncn2C1[C@@H]2O[C@H](CO[P+](=O)S)[C@@H](O)[C@@]12OP(O)(=S)OC[C@@H]1C[C@@H](O)[C@H](n2cc(F)c3c(=O)[nH]cnc32)O1. The Hall–Kier alpha value is -2.52. The quantitative estimate of drug-likeness (QED) is 0.0954. The van der Waals surface area contributed by atoms with Gasteiger partial charge in [-0.05, 0) is 16.4 Å². The van der Waals surface area contributed by atoms with Crippen molar-refractivity contribution in [3.63, 3.8) is 0 Å². The molecule has 23 heteroatoms. The van der Waals surface area contributed by atoms with Crippen LogP contribution in [-0.2, 0) is 39.4 Å². The molecule has 3 aliphatic rings. The summed E-state index contributed by atoms with van der Waals surface area (Å²) in [5.74, 6) is -0.722. The molecular weight excluding hydrogens is 681 g/mol. The number of ether oxygens (including phenoxy) is 2. The lowest BCUT2D eigenvalue weighted by atomic mass is 10.1. The van der Waals surface area contributed by atoms with Gasteiger partial charge in [0, 0.05) is 12.6 Å². The molecule has 7 rings (SSSR count). The molecule has 3 fully saturated rings. The summed E-state index contributed by atoms with van der Waals surface area (Å²) < 4.78 is 57.1. The van der Waals surface area contributed by atoms with Gasteiger partial charge in [-0.25, -0.2) is 24.3 Å². The number of thiol groups is 1. The van der Waals surface area contributed by atoms with Gasteiger partial charge in [0.25, 0.3) is 5.56 Å². The van der Waals surface area contributed by atoms with Gasteiger partial charge in [-0.2, -0.15) is 0 Å². The monoisotopic (exact) mass is 705 g/mol. The molecule has 240 valence electrons. The van der Waals surface area contributed by atoms with Crippen LogP contribution >= 0.6 is 26.2 Å². The number of hydrogen-bond donors (Lipinski definition) is 6. The summed E-state index contributed by atoms with van der Waals surface area (Å²) in [5, 5.41) is 21.8. The number of anilines is 1. The van der Waals surface area contributed by atoms with E-state index < -0.39 is 73.7 Å². The predicted octanol–water partition coefficient (Wildman–Crippen LogP) is 0.210. The first-order chi connectivity index (χ1) is 21.4. The van der Waals surface area contributed by atoms with E-state index in [9.17, 15) is 28.9 Å². The summed E-state index contributed by atoms with van der Waals surface area (Å²) in [4.78, 5) is 41.9. The molecule has 0 amide bonds. The molecule has 1 aliphatic carbocycles. The molecule has 45 heavy (non-hydrogen) atoms. The first kappa shape index (κ1) is 31.1. The van der Waals surface area contributed by atoms with E-state index in [0.29, 0.717) is 11.2 Å². The lowest BCUT2D eigenvalue weighted by Gasteiger charge is -2.28. The number of aromatic amines is 1. The minimum Gasteiger partial charge on any atom is -0.388 e. The molecule has 4 aromatic rings. The van der Waals surface area contributed by atoms with E-state index in [4.69, 9.17) is 40.6 Å². The second-order valence-electron chi connectivity index (χ2n) is 10.6. The number of rotatable bonds is 10. The zero-order valence-electron chi connectivity index (χ0n) is 22.6. The third-order valence-corrected chi connectivity index (χ3v) is 10.2. The van der Waals surface area contributed by atoms with E-state index in [2.05, 4.69) is 37.2 Å². The van der Waals surface area contributed by atoms with Gasteiger partial charge in [-0.1, -0.05) is 0 Å². The smallest absolute Gasteiger partial charge is 0.388 e. The predicted molar refractivity (Wildman–Crippen MR) is 157 cm³/mol. The van der Waals surface area contributed by atoms with Crippen LogP contribution < -0.4 is 11.3 Å². The first-order valence-corrected chi connectivity index (χ1v) is 18.1. The van der Waals surface area contributed by atoms with Crippen molar-refractivity contribution in [2.45, 2.75) is 54.8 Å². The topological polar surface area (TPSA) is 244 Å². The van der Waals surface area contributed by atoms with Crippen molar-refractivity contribution >= 4 is 66.0 Å². The number of halogens is 1. The normalized spacial score (nSPS) is 32.6. The Bertz CT molecular complexity index is 1930. The molecule has 2 aliphatic heterocycles. The van der Waals surface area contributed by atoms with Gasteiger partial charge in [0.05, 0.1) is 25.4 Å². The number of hydrogen-bond acceptors (Lipinski definition) is 15. The van der Waals surface area contributed by atoms with Crippen molar-refractivity contribution < 1.29 is 47.1 Å². The van der Waals surface area contributed by atoms with Gasteiger partial charge in [-0.15, -0.1) is 4.52 Å². The van der Waals surface area contributed by atoms with Crippen LogP contribution in [0.2, 0.25) is 0 Å². The molecule has 0 radical (unpaired) electrons. The number of imidazole rings is 1. The van der Waals surface area contributed by atoms with Crippen LogP contribution in [0.3, 0.4) is 0 Å². The molecule has 0 spiro atoms. The van der Waals surface area contributed by atoms with Crippen LogP contribution in [0.1, 0.15) is 18.7 Å². The Balaban J connectivity index is 1.09. The zero-order valence-corrected chi connectivity index (χ0v) is 26.1. The van der Waals surface area contributed by atoms with E-state index >= 15 is 0 Å². The zero-order chi connectivity index (χ0) is 31.8. The standard InChI is InChI=1S/C22H23FN8O10P2S2/c23-9-2-30(18-12(9)20(34)28-6-26-18)21-10(32)1-8(39-21)3-38-43(36,45)41-22-14(16(22)40-11(15(22)33)4-37-42(35)44)31-7-29-13-17(24)25-5-27-19(13)31/h2,5-8,10-11,14-16,21,32-33H,1,3-4H2,(H4-,24,25,26,27,28,34,35,36,44,45)/p+1/t8-,10+,11+,14?,15+,16-,21+,22-,43?/m0/s1. The number of aliphatic hydroxyl groups excluding tert-OH is 2. The highest BCUT2D eigenvalue weighted by Gasteiger charge is 2.80. The van der Waals surface area contributed by atoms with Crippen LogP contribution in [0.15, 0.2) is 30.0 Å². The minimum atomic E-state index is -4.18. The molecule has 1 saturated carbocycles. The molecule has 0 aromatic carbocycles. The Kier molecular flexibility index (Phi) is 7.82. The number of aliphatic hydroxyl groups is 2. The van der Waals surface area contributed by atoms with E-state index in [0.717, 1.165) is 12.5 Å². The lowest BCUT2D eigenvalue weighted by molar-refractivity contribution is -0.0594. The third-order valence-electron chi connectivity index (χ3n) is 7.96. The van der Waals surface area contributed by atoms with Crippen molar-refractivity contribution in [2.75, 3.05) is 18.9 Å². The van der Waals surface area contributed by atoms with Gasteiger partial charge in [0.2, 0.25) is 0 Å². The Morgan fingerprint density at radius 3 is 2.82 bits per heavy atom. The summed E-state index contributed by atoms with van der Waals surface area (Å²) in [6.07, 6.45) is -1.75. The maximum absolute atomic E-state index is 14.5. The van der Waals surface area contributed by atoms with Gasteiger partial charge < -0.3 is 49.0 Å². The summed E-state index contributed by atoms with van der Waals surface area (Å²) in [5.41, 5.74) is 4.14. The second kappa shape index (κ2) is 11.3. The number of nitrogens with one attached hydrogen (secondary N) is 1. The highest BCUT2D eigenvalue weighted by molar-refractivity contribution is 8.39. The number of nitrogens with two attached hydrogens (primary N) is 1. The van der Waals surface area contributed by atoms with E-state index in [1.54, 1.807) is 4.57 Å². The van der Waals surface area contributed by atoms with Crippen molar-refractivity contribution in [1.29, 1.82) is 0 Å². The minimum absolute atomic E-state index is 0.00389. The summed E-state index contributed by atoms with van der Waals surface area (Å²) >= 11 is 9.03. The number of nitrogen functional groups attached to an aromatic ring is 1. The van der Waals surface area contributed by atoms with Crippen molar-refractivity contribution in [3.05, 3.63) is 41.3 Å². The average Bonchev–Trinajstić information content (AvgIpc) is 3.43. The van der Waals surface area contributed by atoms with Crippen molar-refractivity contribution in [1.82, 2.24) is 34.1 Å². The van der Waals surface area contributed by atoms with Gasteiger partial charge in [0.1, 0.15) is 66.5 Å². The first-order valence-electron chi connectivity index (χ1n) is 13.2. The molecule has 6 N–H and O–H groups in total. The third kappa shape index (κ3) is 5.20. The summed E-state index contributed by atoms with van der Waals surface area (Å²) in [6, 6.07) is -0.799. The van der Waals surface area contributed by atoms with Crippen molar-refractivity contribution in [2.24, 2.45) is 0 Å². The summed E-state index contributed by atoms with van der Waals surface area (Å²) in [7, 11) is -2.30. The highest BCUT2D eigenvalue weighted by Crippen LogP contribution is 2.68. The molecule has 6 heterocycles. The Morgan fingerprint density at radius 2 is 2.04 bits per heavy atom. The fraction of sp³-hybridized carbons (Fsp3) is 0.500. The van der Waals surface area contributed by atoms with Crippen LogP contribution in [0.25, 0.3) is 22.2 Å². The summed E-state index contributed by atoms with van der Waals surface area (Å²) in [6.45, 7) is -4.83. The van der Waals surface area contributed by atoms with Gasteiger partial charge in [-0.3, -0.25) is 9.32 Å². The van der Waals surface area contributed by atoms with Crippen LogP contribution in [-0.4, -0.2) is 98.5 Å². The number of H-pyrrole nitrogens is 1. The van der Waals surface area contributed by atoms with Crippen LogP contribution in [0, 0.1) is 5.82 Å². The Morgan fingerprint density at radius 1 is 1.24 bits per heavy atom. The van der Waals surface area contributed by atoms with Gasteiger partial charge >= 0.3 is 13.9 Å². The Labute approximate surface area is 261 Å².